The Bertz CT molecular complexity index is 1270. The van der Waals surface area contributed by atoms with Crippen LogP contribution in [0.25, 0.3) is 11.3 Å². The lowest BCUT2D eigenvalue weighted by Crippen LogP contribution is -2.29. The van der Waals surface area contributed by atoms with Gasteiger partial charge in [0.1, 0.15) is 5.92 Å². The fraction of sp³-hybridized carbons (Fsp3) is 0.321. The van der Waals surface area contributed by atoms with Gasteiger partial charge < -0.3 is 4.57 Å². The molecule has 6 rings (SSSR count). The number of aromatic nitrogens is 1. The molecule has 0 bridgehead atoms. The highest BCUT2D eigenvalue weighted by molar-refractivity contribution is 6.31. The van der Waals surface area contributed by atoms with Gasteiger partial charge in [-0.15, -0.1) is 0 Å². The summed E-state index contributed by atoms with van der Waals surface area (Å²) in [6, 6.07) is 17.3. The highest BCUT2D eigenvalue weighted by Crippen LogP contribution is 2.51. The maximum absolute atomic E-state index is 13.6. The van der Waals surface area contributed by atoms with E-state index in [9.17, 15) is 14.4 Å². The van der Waals surface area contributed by atoms with Crippen LogP contribution in [-0.4, -0.2) is 21.9 Å². The average molecular weight is 424 g/mol. The van der Waals surface area contributed by atoms with E-state index in [4.69, 9.17) is 0 Å². The van der Waals surface area contributed by atoms with Crippen molar-refractivity contribution in [1.29, 1.82) is 0 Å². The van der Waals surface area contributed by atoms with Gasteiger partial charge >= 0.3 is 0 Å². The zero-order chi connectivity index (χ0) is 22.2. The fourth-order valence-corrected chi connectivity index (χ4v) is 5.70. The third-order valence-electron chi connectivity index (χ3n) is 7.14. The number of benzene rings is 2. The van der Waals surface area contributed by atoms with Crippen molar-refractivity contribution >= 4 is 17.3 Å². The number of hydrogen-bond acceptors (Lipinski definition) is 3. The minimum Gasteiger partial charge on any atom is -0.341 e. The first kappa shape index (κ1) is 19.4. The molecule has 0 aliphatic heterocycles. The molecule has 2 aromatic carbocycles. The Morgan fingerprint density at radius 1 is 0.812 bits per heavy atom. The highest BCUT2D eigenvalue weighted by atomic mass is 16.2. The maximum Gasteiger partial charge on any atom is 0.178 e. The minimum atomic E-state index is -0.943. The summed E-state index contributed by atoms with van der Waals surface area (Å²) in [5.74, 6) is -1.26. The Hall–Kier alpha value is -3.27. The van der Waals surface area contributed by atoms with E-state index in [0.717, 1.165) is 36.2 Å². The number of rotatable bonds is 3. The summed E-state index contributed by atoms with van der Waals surface area (Å²) in [4.78, 5) is 40.7. The molecule has 0 saturated heterocycles. The van der Waals surface area contributed by atoms with Gasteiger partial charge in [0.25, 0.3) is 0 Å². The number of carbonyl (C=O) groups excluding carboxylic acids is 3. The van der Waals surface area contributed by atoms with Gasteiger partial charge in [0.15, 0.2) is 17.3 Å². The summed E-state index contributed by atoms with van der Waals surface area (Å²) in [6.45, 7) is 4.25. The first-order valence-corrected chi connectivity index (χ1v) is 11.4. The van der Waals surface area contributed by atoms with Gasteiger partial charge in [-0.3, -0.25) is 14.4 Å². The lowest BCUT2D eigenvalue weighted by atomic mass is 9.74. The van der Waals surface area contributed by atoms with Crippen LogP contribution in [0.1, 0.15) is 87.4 Å². The third kappa shape index (κ3) is 2.72. The van der Waals surface area contributed by atoms with Crippen molar-refractivity contribution < 1.29 is 14.4 Å². The monoisotopic (exact) mass is 423 g/mol. The topological polar surface area (TPSA) is 56.1 Å². The summed E-state index contributed by atoms with van der Waals surface area (Å²) in [5.41, 5.74) is 4.94. The largest absolute Gasteiger partial charge is 0.341 e. The van der Waals surface area contributed by atoms with Crippen LogP contribution >= 0.6 is 0 Å². The zero-order valence-electron chi connectivity index (χ0n) is 18.4. The molecule has 3 aromatic rings. The molecule has 0 spiro atoms. The molecular weight excluding hydrogens is 398 g/mol. The van der Waals surface area contributed by atoms with E-state index in [0.29, 0.717) is 34.7 Å². The second kappa shape index (κ2) is 6.61. The first-order chi connectivity index (χ1) is 15.4. The molecule has 0 amide bonds. The Morgan fingerprint density at radius 3 is 2.00 bits per heavy atom. The highest BCUT2D eigenvalue weighted by Gasteiger charge is 2.48. The molecule has 0 atom stereocenters. The number of fused-ring (bicyclic) bond motifs is 2. The second-order valence-electron chi connectivity index (χ2n) is 10.2. The normalized spacial score (nSPS) is 19.9. The molecule has 160 valence electrons. The molecule has 3 aliphatic rings. The lowest BCUT2D eigenvalue weighted by molar-refractivity contribution is 0.0888. The summed E-state index contributed by atoms with van der Waals surface area (Å²) >= 11 is 0. The van der Waals surface area contributed by atoms with Crippen LogP contribution in [0, 0.1) is 5.41 Å². The number of Topliss-reactive ketones (excluding diaryl/α,β-unsaturated/α-hetero) is 3. The van der Waals surface area contributed by atoms with Gasteiger partial charge in [-0.2, -0.15) is 0 Å². The molecule has 4 nitrogen and oxygen atoms in total. The summed E-state index contributed by atoms with van der Waals surface area (Å²) in [7, 11) is 0. The number of ketones is 3. The van der Waals surface area contributed by atoms with Crippen LogP contribution in [0.2, 0.25) is 0 Å². The standard InChI is InChI=1S/C28H25NO3/c1-28(2)14-20-22(21(30)15-28)23(24-26(31)18-10-6-7-11-19(18)27(24)32)25(29(20)17-12-13-17)16-8-4-3-5-9-16/h3-11,17,24H,12-15H2,1-2H3. The maximum atomic E-state index is 13.6. The third-order valence-corrected chi connectivity index (χ3v) is 7.14. The minimum absolute atomic E-state index is 0.0550. The fourth-order valence-electron chi connectivity index (χ4n) is 5.70. The molecule has 4 heteroatoms. The van der Waals surface area contributed by atoms with E-state index in [1.54, 1.807) is 24.3 Å². The molecule has 32 heavy (non-hydrogen) atoms. The van der Waals surface area contributed by atoms with Crippen molar-refractivity contribution in [2.24, 2.45) is 5.41 Å². The quantitative estimate of drug-likeness (QED) is 0.500. The van der Waals surface area contributed by atoms with Crippen LogP contribution in [-0.2, 0) is 6.42 Å². The van der Waals surface area contributed by atoms with Crippen LogP contribution in [0.5, 0.6) is 0 Å². The van der Waals surface area contributed by atoms with E-state index in [2.05, 4.69) is 18.4 Å². The smallest absolute Gasteiger partial charge is 0.178 e. The summed E-state index contributed by atoms with van der Waals surface area (Å²) in [5, 5.41) is 0. The van der Waals surface area contributed by atoms with Crippen molar-refractivity contribution in [3.05, 3.63) is 82.5 Å². The van der Waals surface area contributed by atoms with Crippen molar-refractivity contribution in [2.45, 2.75) is 51.5 Å². The van der Waals surface area contributed by atoms with Crippen molar-refractivity contribution in [1.82, 2.24) is 4.57 Å². The number of carbonyl (C=O) groups is 3. The SMILES string of the molecule is CC1(C)CC(=O)c2c(C3C(=O)c4ccccc4C3=O)c(-c3ccccc3)n(C3CC3)c2C1. The van der Waals surface area contributed by atoms with Crippen LogP contribution in [0.4, 0.5) is 0 Å². The molecule has 3 aliphatic carbocycles. The van der Waals surface area contributed by atoms with E-state index >= 15 is 0 Å². The van der Waals surface area contributed by atoms with Crippen LogP contribution in [0.15, 0.2) is 54.6 Å². The molecule has 1 fully saturated rings. The second-order valence-corrected chi connectivity index (χ2v) is 10.2. The van der Waals surface area contributed by atoms with Crippen molar-refractivity contribution in [3.63, 3.8) is 0 Å². The van der Waals surface area contributed by atoms with Crippen molar-refractivity contribution in [3.8, 4) is 11.3 Å². The predicted octanol–water partition coefficient (Wildman–Crippen LogP) is 5.81. The molecule has 1 saturated carbocycles. The van der Waals surface area contributed by atoms with Crippen molar-refractivity contribution in [2.75, 3.05) is 0 Å². The van der Waals surface area contributed by atoms with E-state index < -0.39 is 5.92 Å². The Balaban J connectivity index is 1.68. The van der Waals surface area contributed by atoms with Crippen LogP contribution < -0.4 is 0 Å². The van der Waals surface area contributed by atoms with Gasteiger partial charge in [-0.25, -0.2) is 0 Å². The Morgan fingerprint density at radius 2 is 1.41 bits per heavy atom. The molecule has 0 N–H and O–H groups in total. The molecule has 1 aromatic heterocycles. The Kier molecular flexibility index (Phi) is 4.01. The van der Waals surface area contributed by atoms with Crippen LogP contribution in [0.3, 0.4) is 0 Å². The number of hydrogen-bond donors (Lipinski definition) is 0. The van der Waals surface area contributed by atoms with Gasteiger partial charge in [0.05, 0.1) is 5.69 Å². The first-order valence-electron chi connectivity index (χ1n) is 11.4. The molecule has 0 unspecified atom stereocenters. The van der Waals surface area contributed by atoms with Gasteiger partial charge in [0.2, 0.25) is 0 Å². The molecular formula is C28H25NO3. The summed E-state index contributed by atoms with van der Waals surface area (Å²) in [6.07, 6.45) is 3.31. The zero-order valence-corrected chi connectivity index (χ0v) is 18.4. The van der Waals surface area contributed by atoms with Gasteiger partial charge in [0, 0.05) is 40.4 Å². The number of nitrogens with zero attached hydrogens (tertiary/aromatic N) is 1. The van der Waals surface area contributed by atoms with Gasteiger partial charge in [-0.05, 0) is 30.2 Å². The molecule has 1 heterocycles. The molecule has 0 radical (unpaired) electrons. The summed E-state index contributed by atoms with van der Waals surface area (Å²) < 4.78 is 2.31. The van der Waals surface area contributed by atoms with Gasteiger partial charge in [-0.1, -0.05) is 68.4 Å². The predicted molar refractivity (Wildman–Crippen MR) is 122 cm³/mol. The van der Waals surface area contributed by atoms with E-state index in [1.807, 2.05) is 30.3 Å². The lowest BCUT2D eigenvalue weighted by Gasteiger charge is -2.30. The average Bonchev–Trinajstić information content (AvgIpc) is 3.51. The Labute approximate surface area is 187 Å². The van der Waals surface area contributed by atoms with E-state index in [-0.39, 0.29) is 22.8 Å². The van der Waals surface area contributed by atoms with E-state index in [1.165, 1.54) is 0 Å².